The summed E-state index contributed by atoms with van der Waals surface area (Å²) in [5.41, 5.74) is 0. The molecule has 1 saturated carbocycles. The van der Waals surface area contributed by atoms with Gasteiger partial charge in [0.25, 0.3) is 0 Å². The summed E-state index contributed by atoms with van der Waals surface area (Å²) in [6, 6.07) is 0.154. The van der Waals surface area contributed by atoms with Crippen LogP contribution in [0.15, 0.2) is 0 Å². The molecular formula is C14H22N2O. The molecule has 1 heterocycles. The van der Waals surface area contributed by atoms with Crippen molar-refractivity contribution in [2.24, 2.45) is 11.8 Å². The zero-order chi connectivity index (χ0) is 12.3. The van der Waals surface area contributed by atoms with Crippen LogP contribution in [0.2, 0.25) is 0 Å². The number of urea groups is 1. The Balaban J connectivity index is 1.91. The zero-order valence-electron chi connectivity index (χ0n) is 10.7. The number of terminal acetylenes is 1. The number of hydrogen-bond donors (Lipinski definition) is 0. The lowest BCUT2D eigenvalue weighted by atomic mass is 10.0. The molecule has 1 atom stereocenters. The standard InChI is InChI=1S/C14H22N2O/c1-3-8-15(11-13-6-7-13)14(17)16-9-4-5-12(2)10-16/h1,12-13H,4-11H2,2H3. The fourth-order valence-electron chi connectivity index (χ4n) is 2.50. The van der Waals surface area contributed by atoms with Crippen molar-refractivity contribution in [3.63, 3.8) is 0 Å². The van der Waals surface area contributed by atoms with E-state index in [0.717, 1.165) is 26.1 Å². The average Bonchev–Trinajstić information content (AvgIpc) is 3.11. The van der Waals surface area contributed by atoms with Crippen LogP contribution in [0.25, 0.3) is 0 Å². The highest BCUT2D eigenvalue weighted by molar-refractivity contribution is 5.75. The topological polar surface area (TPSA) is 23.6 Å². The first-order valence-electron chi connectivity index (χ1n) is 6.68. The maximum absolute atomic E-state index is 12.4. The van der Waals surface area contributed by atoms with E-state index in [4.69, 9.17) is 6.42 Å². The Kier molecular flexibility index (Phi) is 3.93. The third-order valence-corrected chi connectivity index (χ3v) is 3.66. The highest BCUT2D eigenvalue weighted by atomic mass is 16.2. The normalized spacial score (nSPS) is 24.2. The summed E-state index contributed by atoms with van der Waals surface area (Å²) in [6.07, 6.45) is 10.2. The molecule has 0 radical (unpaired) electrons. The summed E-state index contributed by atoms with van der Waals surface area (Å²) in [6.45, 7) is 5.32. The maximum Gasteiger partial charge on any atom is 0.320 e. The van der Waals surface area contributed by atoms with Gasteiger partial charge in [0.1, 0.15) is 0 Å². The quantitative estimate of drug-likeness (QED) is 0.687. The number of carbonyl (C=O) groups is 1. The number of piperidine rings is 1. The molecule has 0 aromatic heterocycles. The molecule has 0 aromatic rings. The van der Waals surface area contributed by atoms with Crippen LogP contribution in [0.3, 0.4) is 0 Å². The van der Waals surface area contributed by atoms with E-state index in [1.54, 1.807) is 0 Å². The van der Waals surface area contributed by atoms with E-state index in [-0.39, 0.29) is 6.03 Å². The van der Waals surface area contributed by atoms with Crippen molar-refractivity contribution < 1.29 is 4.79 Å². The second-order valence-corrected chi connectivity index (χ2v) is 5.50. The van der Waals surface area contributed by atoms with Crippen LogP contribution in [-0.2, 0) is 0 Å². The van der Waals surface area contributed by atoms with E-state index in [1.165, 1.54) is 19.3 Å². The molecule has 2 aliphatic rings. The summed E-state index contributed by atoms with van der Waals surface area (Å²) < 4.78 is 0. The van der Waals surface area contributed by atoms with E-state index in [0.29, 0.717) is 18.4 Å². The van der Waals surface area contributed by atoms with Crippen molar-refractivity contribution in [1.29, 1.82) is 0 Å². The number of nitrogens with zero attached hydrogens (tertiary/aromatic N) is 2. The summed E-state index contributed by atoms with van der Waals surface area (Å²) in [7, 11) is 0. The third kappa shape index (κ3) is 3.39. The van der Waals surface area contributed by atoms with Gasteiger partial charge in [0.05, 0.1) is 6.54 Å². The lowest BCUT2D eigenvalue weighted by molar-refractivity contribution is 0.134. The van der Waals surface area contributed by atoms with Crippen LogP contribution < -0.4 is 0 Å². The van der Waals surface area contributed by atoms with Gasteiger partial charge in [-0.25, -0.2) is 4.79 Å². The number of carbonyl (C=O) groups excluding carboxylic acids is 1. The van der Waals surface area contributed by atoms with Crippen LogP contribution in [0.1, 0.15) is 32.6 Å². The summed E-state index contributed by atoms with van der Waals surface area (Å²) in [5, 5.41) is 0. The molecule has 1 aliphatic carbocycles. The van der Waals surface area contributed by atoms with Crippen LogP contribution in [0.5, 0.6) is 0 Å². The van der Waals surface area contributed by atoms with Gasteiger partial charge in [-0.2, -0.15) is 0 Å². The fourth-order valence-corrected chi connectivity index (χ4v) is 2.50. The molecule has 94 valence electrons. The minimum atomic E-state index is 0.154. The Bertz CT molecular complexity index is 317. The van der Waals surface area contributed by atoms with Crippen LogP contribution in [0.4, 0.5) is 4.79 Å². The summed E-state index contributed by atoms with van der Waals surface area (Å²) in [5.74, 6) is 3.94. The molecule has 1 aliphatic heterocycles. The van der Waals surface area contributed by atoms with E-state index in [2.05, 4.69) is 12.8 Å². The smallest absolute Gasteiger partial charge is 0.320 e. The Hall–Kier alpha value is -1.17. The van der Waals surface area contributed by atoms with Crippen molar-refractivity contribution >= 4 is 6.03 Å². The van der Waals surface area contributed by atoms with Crippen LogP contribution in [0, 0.1) is 24.2 Å². The van der Waals surface area contributed by atoms with E-state index >= 15 is 0 Å². The van der Waals surface area contributed by atoms with E-state index in [1.807, 2.05) is 9.80 Å². The van der Waals surface area contributed by atoms with Crippen molar-refractivity contribution in [2.75, 3.05) is 26.2 Å². The van der Waals surface area contributed by atoms with E-state index < -0.39 is 0 Å². The Morgan fingerprint density at radius 3 is 2.82 bits per heavy atom. The third-order valence-electron chi connectivity index (χ3n) is 3.66. The number of amides is 2. The van der Waals surface area contributed by atoms with Crippen molar-refractivity contribution in [1.82, 2.24) is 9.80 Å². The van der Waals surface area contributed by atoms with Gasteiger partial charge >= 0.3 is 6.03 Å². The lowest BCUT2D eigenvalue weighted by Gasteiger charge is -2.34. The van der Waals surface area contributed by atoms with Crippen molar-refractivity contribution in [2.45, 2.75) is 32.6 Å². The van der Waals surface area contributed by atoms with Gasteiger partial charge in [0.15, 0.2) is 0 Å². The second-order valence-electron chi connectivity index (χ2n) is 5.50. The first kappa shape index (κ1) is 12.3. The molecule has 3 heteroatoms. The molecule has 17 heavy (non-hydrogen) atoms. The second kappa shape index (κ2) is 5.44. The van der Waals surface area contributed by atoms with Gasteiger partial charge in [-0.3, -0.25) is 0 Å². The molecule has 2 rings (SSSR count). The molecule has 0 N–H and O–H groups in total. The Morgan fingerprint density at radius 2 is 2.24 bits per heavy atom. The highest BCUT2D eigenvalue weighted by Crippen LogP contribution is 2.30. The maximum atomic E-state index is 12.4. The molecular weight excluding hydrogens is 212 g/mol. The monoisotopic (exact) mass is 234 g/mol. The largest absolute Gasteiger partial charge is 0.324 e. The zero-order valence-corrected chi connectivity index (χ0v) is 10.7. The highest BCUT2D eigenvalue weighted by Gasteiger charge is 2.30. The minimum absolute atomic E-state index is 0.154. The molecule has 1 saturated heterocycles. The predicted molar refractivity (Wildman–Crippen MR) is 68.5 cm³/mol. The molecule has 2 amide bonds. The van der Waals surface area contributed by atoms with Gasteiger partial charge in [0, 0.05) is 19.6 Å². The molecule has 0 bridgehead atoms. The van der Waals surface area contributed by atoms with Gasteiger partial charge in [-0.05, 0) is 37.5 Å². The molecule has 0 aromatic carbocycles. The number of likely N-dealkylation sites (tertiary alicyclic amines) is 1. The van der Waals surface area contributed by atoms with Gasteiger partial charge in [-0.15, -0.1) is 6.42 Å². The van der Waals surface area contributed by atoms with E-state index in [9.17, 15) is 4.79 Å². The fraction of sp³-hybridized carbons (Fsp3) is 0.786. The average molecular weight is 234 g/mol. The molecule has 0 spiro atoms. The SMILES string of the molecule is C#CCN(CC1CC1)C(=O)N1CCCC(C)C1. The lowest BCUT2D eigenvalue weighted by Crippen LogP contribution is -2.48. The summed E-state index contributed by atoms with van der Waals surface area (Å²) in [4.78, 5) is 16.2. The van der Waals surface area contributed by atoms with Crippen molar-refractivity contribution in [3.05, 3.63) is 0 Å². The Labute approximate surface area is 104 Å². The number of hydrogen-bond acceptors (Lipinski definition) is 1. The first-order chi connectivity index (χ1) is 8.20. The van der Waals surface area contributed by atoms with Gasteiger partial charge in [-0.1, -0.05) is 12.8 Å². The molecule has 3 nitrogen and oxygen atoms in total. The summed E-state index contributed by atoms with van der Waals surface area (Å²) >= 11 is 0. The van der Waals surface area contributed by atoms with Gasteiger partial charge < -0.3 is 9.80 Å². The van der Waals surface area contributed by atoms with Crippen LogP contribution in [-0.4, -0.2) is 42.0 Å². The Morgan fingerprint density at radius 1 is 1.47 bits per heavy atom. The number of rotatable bonds is 3. The predicted octanol–water partition coefficient (Wildman–Crippen LogP) is 2.18. The molecule has 1 unspecified atom stereocenters. The first-order valence-corrected chi connectivity index (χ1v) is 6.68. The minimum Gasteiger partial charge on any atom is -0.324 e. The van der Waals surface area contributed by atoms with Crippen LogP contribution >= 0.6 is 0 Å². The van der Waals surface area contributed by atoms with Gasteiger partial charge in [0.2, 0.25) is 0 Å². The molecule has 2 fully saturated rings. The van der Waals surface area contributed by atoms with Crippen molar-refractivity contribution in [3.8, 4) is 12.3 Å².